The van der Waals surface area contributed by atoms with Gasteiger partial charge in [0.2, 0.25) is 5.91 Å². The molecule has 1 N–H and O–H groups in total. The van der Waals surface area contributed by atoms with Crippen LogP contribution in [0.15, 0.2) is 42.6 Å². The third-order valence-corrected chi connectivity index (χ3v) is 4.45. The summed E-state index contributed by atoms with van der Waals surface area (Å²) >= 11 is 0. The van der Waals surface area contributed by atoms with Crippen LogP contribution in [0.4, 0.5) is 5.69 Å². The predicted octanol–water partition coefficient (Wildman–Crippen LogP) is 1.61. The zero-order chi connectivity index (χ0) is 17.5. The first-order valence-corrected chi connectivity index (χ1v) is 8.78. The van der Waals surface area contributed by atoms with Crippen molar-refractivity contribution >= 4 is 11.6 Å². The number of anilines is 1. The van der Waals surface area contributed by atoms with E-state index < -0.39 is 0 Å². The van der Waals surface area contributed by atoms with Gasteiger partial charge in [0.1, 0.15) is 5.82 Å². The Morgan fingerprint density at radius 2 is 1.88 bits per heavy atom. The first kappa shape index (κ1) is 17.4. The van der Waals surface area contributed by atoms with Crippen LogP contribution in [0.1, 0.15) is 17.9 Å². The highest BCUT2D eigenvalue weighted by Gasteiger charge is 2.17. The molecule has 0 aliphatic carbocycles. The molecule has 132 valence electrons. The Hall–Kier alpha value is -2.47. The number of nitrogens with one attached hydrogen (secondary N) is 1. The van der Waals surface area contributed by atoms with Crippen LogP contribution in [0, 0.1) is 6.92 Å². The lowest BCUT2D eigenvalue weighted by Crippen LogP contribution is -2.47. The predicted molar refractivity (Wildman–Crippen MR) is 98.3 cm³/mol. The van der Waals surface area contributed by atoms with E-state index in [0.717, 1.165) is 44.2 Å². The van der Waals surface area contributed by atoms with Gasteiger partial charge in [-0.2, -0.15) is 0 Å². The minimum Gasteiger partial charge on any atom is -0.369 e. The fourth-order valence-corrected chi connectivity index (χ4v) is 3.01. The van der Waals surface area contributed by atoms with E-state index in [1.165, 1.54) is 5.69 Å². The van der Waals surface area contributed by atoms with E-state index in [0.29, 0.717) is 13.0 Å². The van der Waals surface area contributed by atoms with E-state index in [1.807, 2.05) is 19.1 Å². The molecule has 0 saturated carbocycles. The van der Waals surface area contributed by atoms with Crippen LogP contribution in [0.3, 0.4) is 0 Å². The van der Waals surface area contributed by atoms with Crippen molar-refractivity contribution in [2.24, 2.45) is 0 Å². The molecule has 1 aliphatic rings. The van der Waals surface area contributed by atoms with Crippen molar-refractivity contribution in [3.63, 3.8) is 0 Å². The molecular weight excluding hydrogens is 314 g/mol. The van der Waals surface area contributed by atoms with E-state index in [2.05, 4.69) is 49.4 Å². The maximum atomic E-state index is 12.0. The average Bonchev–Trinajstić information content (AvgIpc) is 2.66. The molecule has 1 aromatic heterocycles. The number of aromatic nitrogens is 2. The van der Waals surface area contributed by atoms with Crippen LogP contribution in [-0.2, 0) is 11.3 Å². The molecule has 3 rings (SSSR count). The number of amides is 1. The van der Waals surface area contributed by atoms with Crippen molar-refractivity contribution in [2.75, 3.05) is 37.6 Å². The van der Waals surface area contributed by atoms with Gasteiger partial charge in [0.25, 0.3) is 0 Å². The smallest absolute Gasteiger partial charge is 0.221 e. The number of hydrogen-bond acceptors (Lipinski definition) is 5. The van der Waals surface area contributed by atoms with Gasteiger partial charge in [-0.25, -0.2) is 9.97 Å². The van der Waals surface area contributed by atoms with Crippen LogP contribution in [0.25, 0.3) is 0 Å². The average molecular weight is 339 g/mol. The van der Waals surface area contributed by atoms with Gasteiger partial charge >= 0.3 is 0 Å². The fourth-order valence-electron chi connectivity index (χ4n) is 3.01. The van der Waals surface area contributed by atoms with Gasteiger partial charge in [0.15, 0.2) is 0 Å². The zero-order valence-corrected chi connectivity index (χ0v) is 14.7. The van der Waals surface area contributed by atoms with E-state index in [1.54, 1.807) is 6.20 Å². The van der Waals surface area contributed by atoms with E-state index >= 15 is 0 Å². The van der Waals surface area contributed by atoms with Crippen LogP contribution in [-0.4, -0.2) is 53.5 Å². The standard InChI is InChI=1S/C19H25N5O/c1-16-20-9-7-17(22-16)15-21-19(25)8-10-23-11-13-24(14-12-23)18-5-3-2-4-6-18/h2-7,9H,8,10-15H2,1H3,(H,21,25). The van der Waals surface area contributed by atoms with Gasteiger partial charge in [-0.3, -0.25) is 9.69 Å². The monoisotopic (exact) mass is 339 g/mol. The van der Waals surface area contributed by atoms with E-state index in [9.17, 15) is 4.79 Å². The van der Waals surface area contributed by atoms with Gasteiger partial charge in [-0.15, -0.1) is 0 Å². The maximum Gasteiger partial charge on any atom is 0.221 e. The molecule has 25 heavy (non-hydrogen) atoms. The summed E-state index contributed by atoms with van der Waals surface area (Å²) in [5, 5.41) is 2.93. The van der Waals surface area contributed by atoms with Gasteiger partial charge < -0.3 is 10.2 Å². The summed E-state index contributed by atoms with van der Waals surface area (Å²) in [5.41, 5.74) is 2.12. The van der Waals surface area contributed by atoms with Gasteiger partial charge in [-0.05, 0) is 25.1 Å². The molecule has 2 aromatic rings. The van der Waals surface area contributed by atoms with Crippen LogP contribution in [0.2, 0.25) is 0 Å². The van der Waals surface area contributed by atoms with E-state index in [-0.39, 0.29) is 5.91 Å². The number of nitrogens with zero attached hydrogens (tertiary/aromatic N) is 4. The second kappa shape index (κ2) is 8.58. The Balaban J connectivity index is 1.36. The molecule has 1 saturated heterocycles. The lowest BCUT2D eigenvalue weighted by molar-refractivity contribution is -0.121. The molecule has 0 unspecified atom stereocenters. The highest BCUT2D eigenvalue weighted by Crippen LogP contribution is 2.15. The van der Waals surface area contributed by atoms with Gasteiger partial charge in [-0.1, -0.05) is 18.2 Å². The molecule has 1 fully saturated rings. The molecule has 0 atom stereocenters. The molecule has 1 aliphatic heterocycles. The number of aryl methyl sites for hydroxylation is 1. The highest BCUT2D eigenvalue weighted by molar-refractivity contribution is 5.76. The number of carbonyl (C=O) groups excluding carboxylic acids is 1. The van der Waals surface area contributed by atoms with Crippen LogP contribution in [0.5, 0.6) is 0 Å². The van der Waals surface area contributed by atoms with Crippen molar-refractivity contribution in [1.82, 2.24) is 20.2 Å². The quantitative estimate of drug-likeness (QED) is 0.866. The Bertz CT molecular complexity index is 683. The number of hydrogen-bond donors (Lipinski definition) is 1. The first-order chi connectivity index (χ1) is 12.2. The molecule has 2 heterocycles. The largest absolute Gasteiger partial charge is 0.369 e. The molecule has 6 nitrogen and oxygen atoms in total. The Morgan fingerprint density at radius 1 is 1.12 bits per heavy atom. The number of piperazine rings is 1. The zero-order valence-electron chi connectivity index (χ0n) is 14.7. The molecule has 1 aromatic carbocycles. The Morgan fingerprint density at radius 3 is 2.60 bits per heavy atom. The Kier molecular flexibility index (Phi) is 5.95. The maximum absolute atomic E-state index is 12.0. The number of benzene rings is 1. The highest BCUT2D eigenvalue weighted by atomic mass is 16.1. The summed E-state index contributed by atoms with van der Waals surface area (Å²) in [6.07, 6.45) is 2.24. The van der Waals surface area contributed by atoms with Crippen molar-refractivity contribution in [1.29, 1.82) is 0 Å². The second-order valence-electron chi connectivity index (χ2n) is 6.29. The molecule has 0 spiro atoms. The SMILES string of the molecule is Cc1nccc(CNC(=O)CCN2CCN(c3ccccc3)CC2)n1. The van der Waals surface area contributed by atoms with Crippen molar-refractivity contribution < 1.29 is 4.79 Å². The third-order valence-electron chi connectivity index (χ3n) is 4.45. The Labute approximate surface area is 148 Å². The van der Waals surface area contributed by atoms with E-state index in [4.69, 9.17) is 0 Å². The molecule has 0 bridgehead atoms. The summed E-state index contributed by atoms with van der Waals surface area (Å²) in [4.78, 5) is 25.1. The number of rotatable bonds is 6. The minimum atomic E-state index is 0.0711. The molecule has 1 amide bonds. The fraction of sp³-hybridized carbons (Fsp3) is 0.421. The van der Waals surface area contributed by atoms with Gasteiger partial charge in [0, 0.05) is 51.0 Å². The van der Waals surface area contributed by atoms with Crippen molar-refractivity contribution in [2.45, 2.75) is 19.9 Å². The topological polar surface area (TPSA) is 61.4 Å². The summed E-state index contributed by atoms with van der Waals surface area (Å²) in [6.45, 7) is 7.11. The van der Waals surface area contributed by atoms with Crippen molar-refractivity contribution in [3.05, 3.63) is 54.1 Å². The number of para-hydroxylation sites is 1. The minimum absolute atomic E-state index is 0.0711. The summed E-state index contributed by atoms with van der Waals surface area (Å²) < 4.78 is 0. The van der Waals surface area contributed by atoms with Crippen LogP contribution < -0.4 is 10.2 Å². The normalized spacial score (nSPS) is 15.2. The second-order valence-corrected chi connectivity index (χ2v) is 6.29. The first-order valence-electron chi connectivity index (χ1n) is 8.78. The molecular formula is C19H25N5O. The lowest BCUT2D eigenvalue weighted by atomic mass is 10.2. The summed E-state index contributed by atoms with van der Waals surface area (Å²) in [6, 6.07) is 12.3. The number of carbonyl (C=O) groups is 1. The van der Waals surface area contributed by atoms with Crippen LogP contribution >= 0.6 is 0 Å². The molecule has 0 radical (unpaired) electrons. The summed E-state index contributed by atoms with van der Waals surface area (Å²) in [5.74, 6) is 0.796. The lowest BCUT2D eigenvalue weighted by Gasteiger charge is -2.36. The van der Waals surface area contributed by atoms with Crippen molar-refractivity contribution in [3.8, 4) is 0 Å². The summed E-state index contributed by atoms with van der Waals surface area (Å²) in [7, 11) is 0. The molecule has 6 heteroatoms. The third kappa shape index (κ3) is 5.26. The van der Waals surface area contributed by atoms with Gasteiger partial charge in [0.05, 0.1) is 12.2 Å².